The molecule has 3 aromatic rings. The van der Waals surface area contributed by atoms with Gasteiger partial charge in [0, 0.05) is 58.6 Å². The van der Waals surface area contributed by atoms with Crippen molar-refractivity contribution in [2.24, 2.45) is 0 Å². The van der Waals surface area contributed by atoms with Crippen LogP contribution in [0.25, 0.3) is 11.1 Å². The molecule has 0 aliphatic carbocycles. The van der Waals surface area contributed by atoms with Crippen LogP contribution in [0.3, 0.4) is 0 Å². The first-order valence-corrected chi connectivity index (χ1v) is 9.45. The smallest absolute Gasteiger partial charge is 0.135 e. The van der Waals surface area contributed by atoms with E-state index in [0.717, 1.165) is 28.0 Å². The topological polar surface area (TPSA) is 63.7 Å². The molecule has 7 heteroatoms. The van der Waals surface area contributed by atoms with Crippen LogP contribution in [0.4, 0.5) is 0 Å². The van der Waals surface area contributed by atoms with Crippen LogP contribution < -0.4 is 4.74 Å². The minimum Gasteiger partial charge on any atom is -0.496 e. The van der Waals surface area contributed by atoms with Gasteiger partial charge in [0.2, 0.25) is 0 Å². The summed E-state index contributed by atoms with van der Waals surface area (Å²) in [5.74, 6) is 1.17. The van der Waals surface area contributed by atoms with Crippen LogP contribution in [-0.4, -0.2) is 27.0 Å². The fourth-order valence-electron chi connectivity index (χ4n) is 3.00. The minimum absolute atomic E-state index is 0.172. The summed E-state index contributed by atoms with van der Waals surface area (Å²) >= 11 is 12.6. The third kappa shape index (κ3) is 4.26. The highest BCUT2D eigenvalue weighted by Crippen LogP contribution is 2.43. The molecule has 0 radical (unpaired) electrons. The van der Waals surface area contributed by atoms with Crippen LogP contribution in [-0.2, 0) is 0 Å². The van der Waals surface area contributed by atoms with Gasteiger partial charge >= 0.3 is 0 Å². The van der Waals surface area contributed by atoms with Crippen LogP contribution in [0.2, 0.25) is 10.2 Å². The standard InChI is InChI=1S/C21H20Cl2N4O/c1-13(21-26-8-6-18(23)25-9-10-27-21)16-11-17(22)14(2)19(20(16)28-3)15-5-4-7-24-12-15/h4-13,25H,1-3H3. The summed E-state index contributed by atoms with van der Waals surface area (Å²) < 4.78 is 5.82. The lowest BCUT2D eigenvalue weighted by Crippen LogP contribution is -2.05. The third-order valence-corrected chi connectivity index (χ3v) is 5.07. The predicted octanol–water partition coefficient (Wildman–Crippen LogP) is 5.77. The maximum Gasteiger partial charge on any atom is 0.135 e. The van der Waals surface area contributed by atoms with Gasteiger partial charge < -0.3 is 9.72 Å². The summed E-state index contributed by atoms with van der Waals surface area (Å²) in [6, 6.07) is 7.45. The number of rotatable bonds is 4. The van der Waals surface area contributed by atoms with Crippen molar-refractivity contribution >= 4 is 23.2 Å². The van der Waals surface area contributed by atoms with E-state index in [4.69, 9.17) is 27.9 Å². The number of aromatic nitrogens is 4. The number of H-pyrrole nitrogens is 1. The number of nitrogens with zero attached hydrogens (tertiary/aromatic N) is 3. The van der Waals surface area contributed by atoms with Crippen molar-refractivity contribution in [2.45, 2.75) is 19.8 Å². The van der Waals surface area contributed by atoms with E-state index >= 15 is 0 Å². The van der Waals surface area contributed by atoms with Crippen molar-refractivity contribution in [3.8, 4) is 16.9 Å². The number of benzene rings is 1. The van der Waals surface area contributed by atoms with Gasteiger partial charge in [-0.05, 0) is 30.7 Å². The van der Waals surface area contributed by atoms with Crippen LogP contribution in [0.1, 0.15) is 29.8 Å². The second-order valence-corrected chi connectivity index (χ2v) is 7.00. The highest BCUT2D eigenvalue weighted by Gasteiger charge is 2.22. The zero-order chi connectivity index (χ0) is 20.1. The molecule has 2 aromatic heterocycles. The Labute approximate surface area is 174 Å². The Morgan fingerprint density at radius 2 is 1.89 bits per heavy atom. The molecule has 1 unspecified atom stereocenters. The molecule has 144 valence electrons. The van der Waals surface area contributed by atoms with Crippen molar-refractivity contribution in [3.63, 3.8) is 0 Å². The first kappa shape index (κ1) is 20.1. The Morgan fingerprint density at radius 3 is 2.61 bits per heavy atom. The molecule has 0 amide bonds. The molecule has 0 bridgehead atoms. The molecule has 0 aliphatic heterocycles. The molecule has 5 nitrogen and oxygen atoms in total. The molecule has 2 heterocycles. The fourth-order valence-corrected chi connectivity index (χ4v) is 3.33. The van der Waals surface area contributed by atoms with E-state index in [9.17, 15) is 0 Å². The lowest BCUT2D eigenvalue weighted by molar-refractivity contribution is 0.409. The highest BCUT2D eigenvalue weighted by molar-refractivity contribution is 6.32. The molecule has 1 atom stereocenters. The van der Waals surface area contributed by atoms with E-state index in [1.807, 2.05) is 32.0 Å². The molecule has 3 rings (SSSR count). The van der Waals surface area contributed by atoms with Gasteiger partial charge in [-0.3, -0.25) is 4.98 Å². The Morgan fingerprint density at radius 1 is 1.11 bits per heavy atom. The molecule has 1 aromatic carbocycles. The van der Waals surface area contributed by atoms with E-state index in [0.29, 0.717) is 16.0 Å². The van der Waals surface area contributed by atoms with Gasteiger partial charge in [0.05, 0.1) is 7.11 Å². The maximum atomic E-state index is 6.58. The number of nitrogens with one attached hydrogen (secondary N) is 1. The fraction of sp³-hybridized carbons (Fsp3) is 0.190. The van der Waals surface area contributed by atoms with Crippen LogP contribution in [0.15, 0.2) is 55.2 Å². The second-order valence-electron chi connectivity index (χ2n) is 6.18. The monoisotopic (exact) mass is 414 g/mol. The van der Waals surface area contributed by atoms with Gasteiger partial charge in [-0.25, -0.2) is 9.97 Å². The summed E-state index contributed by atoms with van der Waals surface area (Å²) in [4.78, 5) is 16.0. The molecular weight excluding hydrogens is 395 g/mol. The molecule has 0 saturated carbocycles. The van der Waals surface area contributed by atoms with E-state index in [1.54, 1.807) is 44.2 Å². The Bertz CT molecular complexity index is 1020. The lowest BCUT2D eigenvalue weighted by atomic mass is 9.91. The summed E-state index contributed by atoms with van der Waals surface area (Å²) in [6.45, 7) is 3.98. The van der Waals surface area contributed by atoms with Crippen LogP contribution in [0, 0.1) is 6.92 Å². The largest absolute Gasteiger partial charge is 0.496 e. The number of halogens is 2. The minimum atomic E-state index is -0.172. The van der Waals surface area contributed by atoms with Crippen LogP contribution >= 0.6 is 23.2 Å². The van der Waals surface area contributed by atoms with E-state index in [1.165, 1.54) is 0 Å². The Hall–Kier alpha value is -2.63. The van der Waals surface area contributed by atoms with E-state index < -0.39 is 0 Å². The lowest BCUT2D eigenvalue weighted by Gasteiger charge is -2.20. The highest BCUT2D eigenvalue weighted by atomic mass is 35.5. The number of hydrogen-bond donors (Lipinski definition) is 1. The van der Waals surface area contributed by atoms with Crippen LogP contribution in [0.5, 0.6) is 5.75 Å². The molecule has 1 N–H and O–H groups in total. The number of pyridine rings is 1. The van der Waals surface area contributed by atoms with Gasteiger partial charge in [0.25, 0.3) is 0 Å². The molecule has 0 fully saturated rings. The van der Waals surface area contributed by atoms with Gasteiger partial charge in [-0.2, -0.15) is 0 Å². The van der Waals surface area contributed by atoms with Crippen molar-refractivity contribution in [1.82, 2.24) is 19.9 Å². The second kappa shape index (κ2) is 9.04. The molecule has 28 heavy (non-hydrogen) atoms. The van der Waals surface area contributed by atoms with Crippen molar-refractivity contribution < 1.29 is 4.74 Å². The third-order valence-electron chi connectivity index (χ3n) is 4.44. The number of methoxy groups -OCH3 is 1. The number of hydrogen-bond acceptors (Lipinski definition) is 4. The first-order valence-electron chi connectivity index (χ1n) is 8.69. The van der Waals surface area contributed by atoms with Gasteiger partial charge in [0.1, 0.15) is 16.7 Å². The maximum absolute atomic E-state index is 6.58. The normalized spacial score (nSPS) is 11.6. The molecule has 0 spiro atoms. The Balaban J connectivity index is 2.21. The summed E-state index contributed by atoms with van der Waals surface area (Å²) in [7, 11) is 1.65. The molecule has 0 saturated heterocycles. The first-order chi connectivity index (χ1) is 13.5. The van der Waals surface area contributed by atoms with Gasteiger partial charge in [-0.1, -0.05) is 36.2 Å². The van der Waals surface area contributed by atoms with Gasteiger partial charge in [-0.15, -0.1) is 0 Å². The SMILES string of the molecule is COc1c(C(C)c2ncc[nH]c(Cl)ccn2)cc(Cl)c(C)c1-c1cccnc1. The summed E-state index contributed by atoms with van der Waals surface area (Å²) in [6.07, 6.45) is 8.42. The number of ether oxygens (including phenoxy) is 1. The summed E-state index contributed by atoms with van der Waals surface area (Å²) in [5, 5.41) is 1.10. The average Bonchev–Trinajstić information content (AvgIpc) is 2.81. The van der Waals surface area contributed by atoms with Gasteiger partial charge in [0.15, 0.2) is 0 Å². The van der Waals surface area contributed by atoms with Crippen molar-refractivity contribution in [3.05, 3.63) is 82.4 Å². The quantitative estimate of drug-likeness (QED) is 0.588. The average molecular weight is 415 g/mol. The predicted molar refractivity (Wildman–Crippen MR) is 113 cm³/mol. The zero-order valence-electron chi connectivity index (χ0n) is 15.8. The van der Waals surface area contributed by atoms with Crippen molar-refractivity contribution in [1.29, 1.82) is 0 Å². The molecule has 0 aliphatic rings. The summed E-state index contributed by atoms with van der Waals surface area (Å²) in [5.41, 5.74) is 3.67. The van der Waals surface area contributed by atoms with Crippen molar-refractivity contribution in [2.75, 3.05) is 7.11 Å². The Kier molecular flexibility index (Phi) is 6.49. The zero-order valence-corrected chi connectivity index (χ0v) is 17.3. The number of aromatic amines is 1. The van der Waals surface area contributed by atoms with E-state index in [2.05, 4.69) is 19.9 Å². The van der Waals surface area contributed by atoms with E-state index in [-0.39, 0.29) is 5.92 Å². The molecular formula is C21H20Cl2N4O.